The van der Waals surface area contributed by atoms with Crippen molar-refractivity contribution in [1.82, 2.24) is 4.98 Å². The predicted molar refractivity (Wildman–Crippen MR) is 81.7 cm³/mol. The van der Waals surface area contributed by atoms with Crippen molar-refractivity contribution < 1.29 is 5.11 Å². The summed E-state index contributed by atoms with van der Waals surface area (Å²) in [5.74, 6) is 0.251. The molecule has 1 saturated carbocycles. The van der Waals surface area contributed by atoms with E-state index in [9.17, 15) is 5.11 Å². The lowest BCUT2D eigenvalue weighted by Crippen LogP contribution is -2.38. The normalized spacial score (nSPS) is 33.2. The third-order valence-corrected chi connectivity index (χ3v) is 5.54. The zero-order valence-corrected chi connectivity index (χ0v) is 12.9. The fraction of sp³-hybridized carbons (Fsp3) is 0.722. The lowest BCUT2D eigenvalue weighted by atomic mass is 9.72. The Balaban J connectivity index is 1.89. The second kappa shape index (κ2) is 5.14. The molecular formula is C18H27NO. The predicted octanol–water partition coefficient (Wildman–Crippen LogP) is 4.22. The Labute approximate surface area is 122 Å². The van der Waals surface area contributed by atoms with E-state index in [-0.39, 0.29) is 5.92 Å². The summed E-state index contributed by atoms with van der Waals surface area (Å²) in [6.07, 6.45) is 10.7. The largest absolute Gasteiger partial charge is 0.389 e. The van der Waals surface area contributed by atoms with Crippen molar-refractivity contribution in [3.63, 3.8) is 0 Å². The van der Waals surface area contributed by atoms with Gasteiger partial charge in [0.1, 0.15) is 0 Å². The monoisotopic (exact) mass is 273 g/mol. The molecule has 1 N–H and O–H groups in total. The third-order valence-electron chi connectivity index (χ3n) is 5.54. The molecule has 1 aromatic heterocycles. The maximum absolute atomic E-state index is 11.3. The fourth-order valence-corrected chi connectivity index (χ4v) is 4.16. The molecule has 20 heavy (non-hydrogen) atoms. The molecule has 0 radical (unpaired) electrons. The first-order valence-electron chi connectivity index (χ1n) is 8.16. The molecule has 1 fully saturated rings. The van der Waals surface area contributed by atoms with Gasteiger partial charge in [0.2, 0.25) is 0 Å². The highest BCUT2D eigenvalue weighted by Crippen LogP contribution is 2.47. The molecule has 0 aromatic carbocycles. The molecule has 0 amide bonds. The van der Waals surface area contributed by atoms with Gasteiger partial charge in [-0.25, -0.2) is 0 Å². The molecule has 3 rings (SSSR count). The van der Waals surface area contributed by atoms with E-state index in [4.69, 9.17) is 0 Å². The third kappa shape index (κ3) is 2.63. The number of aliphatic hydroxyl groups is 1. The molecule has 2 aliphatic rings. The minimum absolute atomic E-state index is 0.251. The number of pyridine rings is 1. The van der Waals surface area contributed by atoms with Gasteiger partial charge in [0.25, 0.3) is 0 Å². The van der Waals surface area contributed by atoms with E-state index in [0.717, 1.165) is 38.5 Å². The molecule has 0 spiro atoms. The Kier molecular flexibility index (Phi) is 3.62. The van der Waals surface area contributed by atoms with Crippen LogP contribution in [0.3, 0.4) is 0 Å². The van der Waals surface area contributed by atoms with Gasteiger partial charge >= 0.3 is 0 Å². The fourth-order valence-electron chi connectivity index (χ4n) is 4.16. The van der Waals surface area contributed by atoms with Crippen LogP contribution in [-0.4, -0.2) is 15.7 Å². The average Bonchev–Trinajstić information content (AvgIpc) is 2.58. The Morgan fingerprint density at radius 1 is 1.15 bits per heavy atom. The molecule has 2 atom stereocenters. The molecule has 1 heterocycles. The van der Waals surface area contributed by atoms with E-state index < -0.39 is 5.60 Å². The van der Waals surface area contributed by atoms with Crippen molar-refractivity contribution in [1.29, 1.82) is 0 Å². The van der Waals surface area contributed by atoms with E-state index >= 15 is 0 Å². The van der Waals surface area contributed by atoms with E-state index in [0.29, 0.717) is 5.41 Å². The molecule has 2 heteroatoms. The quantitative estimate of drug-likeness (QED) is 0.777. The minimum Gasteiger partial charge on any atom is -0.389 e. The number of aryl methyl sites for hydroxylation is 1. The first-order valence-corrected chi connectivity index (χ1v) is 8.16. The summed E-state index contributed by atoms with van der Waals surface area (Å²) in [6, 6.07) is 4.22. The van der Waals surface area contributed by atoms with Crippen molar-refractivity contribution in [2.75, 3.05) is 0 Å². The van der Waals surface area contributed by atoms with Gasteiger partial charge in [0.05, 0.1) is 5.60 Å². The zero-order valence-electron chi connectivity index (χ0n) is 12.9. The highest BCUT2D eigenvalue weighted by Gasteiger charge is 2.42. The number of nitrogens with zero attached hydrogens (tertiary/aromatic N) is 1. The second-order valence-corrected chi connectivity index (χ2v) is 7.61. The van der Waals surface area contributed by atoms with E-state index in [1.165, 1.54) is 24.1 Å². The summed E-state index contributed by atoms with van der Waals surface area (Å²) in [5, 5.41) is 11.3. The number of hydrogen-bond acceptors (Lipinski definition) is 2. The SMILES string of the molecule is CC1(C)CCCC(O)(C2CCCc3cccnc32)CC1. The van der Waals surface area contributed by atoms with Crippen molar-refractivity contribution in [3.05, 3.63) is 29.6 Å². The van der Waals surface area contributed by atoms with Gasteiger partial charge in [0.15, 0.2) is 0 Å². The van der Waals surface area contributed by atoms with E-state index in [1.54, 1.807) is 0 Å². The van der Waals surface area contributed by atoms with Gasteiger partial charge in [-0.15, -0.1) is 0 Å². The van der Waals surface area contributed by atoms with Crippen LogP contribution < -0.4 is 0 Å². The zero-order chi connectivity index (χ0) is 14.2. The smallest absolute Gasteiger partial charge is 0.0731 e. The second-order valence-electron chi connectivity index (χ2n) is 7.61. The molecule has 0 bridgehead atoms. The maximum Gasteiger partial charge on any atom is 0.0731 e. The first kappa shape index (κ1) is 14.1. The number of hydrogen-bond donors (Lipinski definition) is 1. The summed E-state index contributed by atoms with van der Waals surface area (Å²) < 4.78 is 0. The van der Waals surface area contributed by atoms with Crippen LogP contribution in [0.1, 0.15) is 76.0 Å². The summed E-state index contributed by atoms with van der Waals surface area (Å²) in [5.41, 5.74) is 2.39. The van der Waals surface area contributed by atoms with Crippen LogP contribution in [0.2, 0.25) is 0 Å². The van der Waals surface area contributed by atoms with Gasteiger partial charge in [-0.2, -0.15) is 0 Å². The Morgan fingerprint density at radius 3 is 2.85 bits per heavy atom. The number of fused-ring (bicyclic) bond motifs is 1. The topological polar surface area (TPSA) is 33.1 Å². The van der Waals surface area contributed by atoms with E-state index in [1.807, 2.05) is 12.3 Å². The Bertz CT molecular complexity index is 482. The van der Waals surface area contributed by atoms with Gasteiger partial charge in [-0.05, 0) is 62.0 Å². The molecule has 0 aliphatic heterocycles. The Morgan fingerprint density at radius 2 is 2.00 bits per heavy atom. The molecular weight excluding hydrogens is 246 g/mol. The van der Waals surface area contributed by atoms with Gasteiger partial charge in [0, 0.05) is 17.8 Å². The summed E-state index contributed by atoms with van der Waals surface area (Å²) in [4.78, 5) is 4.63. The lowest BCUT2D eigenvalue weighted by Gasteiger charge is -2.38. The molecule has 2 nitrogen and oxygen atoms in total. The highest BCUT2D eigenvalue weighted by molar-refractivity contribution is 5.28. The molecule has 2 unspecified atom stereocenters. The lowest BCUT2D eigenvalue weighted by molar-refractivity contribution is -0.0114. The standard InChI is InChI=1S/C18H27NO/c1-17(2)9-5-10-18(20,12-11-17)15-8-3-6-14-7-4-13-19-16(14)15/h4,7,13,15,20H,3,5-6,8-12H2,1-2H3. The number of aromatic nitrogens is 1. The van der Waals surface area contributed by atoms with Crippen LogP contribution in [0.15, 0.2) is 18.3 Å². The van der Waals surface area contributed by atoms with Crippen LogP contribution >= 0.6 is 0 Å². The van der Waals surface area contributed by atoms with Gasteiger partial charge < -0.3 is 5.11 Å². The molecule has 0 saturated heterocycles. The van der Waals surface area contributed by atoms with Crippen molar-refractivity contribution in [2.24, 2.45) is 5.41 Å². The van der Waals surface area contributed by atoms with Crippen LogP contribution in [0.5, 0.6) is 0 Å². The summed E-state index contributed by atoms with van der Waals surface area (Å²) in [7, 11) is 0. The van der Waals surface area contributed by atoms with Crippen LogP contribution in [-0.2, 0) is 6.42 Å². The average molecular weight is 273 g/mol. The van der Waals surface area contributed by atoms with Gasteiger partial charge in [-0.1, -0.05) is 26.3 Å². The van der Waals surface area contributed by atoms with Crippen molar-refractivity contribution in [3.8, 4) is 0 Å². The first-order chi connectivity index (χ1) is 9.50. The van der Waals surface area contributed by atoms with Crippen LogP contribution in [0, 0.1) is 5.41 Å². The minimum atomic E-state index is -0.530. The maximum atomic E-state index is 11.3. The Hall–Kier alpha value is -0.890. The number of rotatable bonds is 1. The molecule has 1 aromatic rings. The molecule has 110 valence electrons. The molecule has 2 aliphatic carbocycles. The van der Waals surface area contributed by atoms with Crippen molar-refractivity contribution in [2.45, 2.75) is 76.7 Å². The van der Waals surface area contributed by atoms with Gasteiger partial charge in [-0.3, -0.25) is 4.98 Å². The van der Waals surface area contributed by atoms with Crippen LogP contribution in [0.4, 0.5) is 0 Å². The highest BCUT2D eigenvalue weighted by atomic mass is 16.3. The summed E-state index contributed by atoms with van der Waals surface area (Å²) in [6.45, 7) is 4.68. The van der Waals surface area contributed by atoms with Crippen molar-refractivity contribution >= 4 is 0 Å². The van der Waals surface area contributed by atoms with Crippen LogP contribution in [0.25, 0.3) is 0 Å². The summed E-state index contributed by atoms with van der Waals surface area (Å²) >= 11 is 0. The van der Waals surface area contributed by atoms with E-state index in [2.05, 4.69) is 24.9 Å².